The maximum Gasteiger partial charge on any atom is 0.250 e. The normalized spacial score (nSPS) is 23.5. The summed E-state index contributed by atoms with van der Waals surface area (Å²) in [6.45, 7) is 4.43. The summed E-state index contributed by atoms with van der Waals surface area (Å²) in [5, 5.41) is 0. The largest absolute Gasteiger partial charge is 0.341 e. The fourth-order valence-electron chi connectivity index (χ4n) is 4.03. The van der Waals surface area contributed by atoms with Gasteiger partial charge in [0.15, 0.2) is 0 Å². The van der Waals surface area contributed by atoms with E-state index in [0.29, 0.717) is 25.4 Å². The molecule has 2 atom stereocenters. The molecule has 0 aromatic carbocycles. The Morgan fingerprint density at radius 1 is 1.24 bits per heavy atom. The van der Waals surface area contributed by atoms with Crippen molar-refractivity contribution in [2.24, 2.45) is 5.92 Å². The molecule has 0 aliphatic carbocycles. The average molecular weight is 345 g/mol. The lowest BCUT2D eigenvalue weighted by atomic mass is 9.83. The third kappa shape index (κ3) is 3.94. The molecule has 136 valence electrons. The number of aromatic nitrogens is 1. The lowest BCUT2D eigenvalue weighted by Gasteiger charge is -2.47. The third-order valence-corrected chi connectivity index (χ3v) is 5.45. The van der Waals surface area contributed by atoms with Crippen LogP contribution in [-0.4, -0.2) is 51.9 Å². The van der Waals surface area contributed by atoms with E-state index in [-0.39, 0.29) is 30.0 Å². The molecule has 1 aromatic rings. The summed E-state index contributed by atoms with van der Waals surface area (Å²) in [5.41, 5.74) is -0.153. The Kier molecular flexibility index (Phi) is 5.56. The molecule has 0 saturated carbocycles. The summed E-state index contributed by atoms with van der Waals surface area (Å²) in [6, 6.07) is 5.19. The highest BCUT2D eigenvalue weighted by molar-refractivity contribution is 5.78. The number of carbonyl (C=O) groups excluding carboxylic acids is 2. The summed E-state index contributed by atoms with van der Waals surface area (Å²) in [7, 11) is 0. The summed E-state index contributed by atoms with van der Waals surface area (Å²) < 4.78 is 1.45. The quantitative estimate of drug-likeness (QED) is 0.812. The topological polar surface area (TPSA) is 62.6 Å². The second-order valence-electron chi connectivity index (χ2n) is 7.10. The Morgan fingerprint density at radius 2 is 2.08 bits per heavy atom. The minimum absolute atomic E-state index is 0.0104. The van der Waals surface area contributed by atoms with E-state index in [4.69, 9.17) is 0 Å². The van der Waals surface area contributed by atoms with Crippen LogP contribution in [0.15, 0.2) is 29.2 Å². The van der Waals surface area contributed by atoms with Gasteiger partial charge in [0.1, 0.15) is 6.54 Å². The summed E-state index contributed by atoms with van der Waals surface area (Å²) >= 11 is 0. The smallest absolute Gasteiger partial charge is 0.250 e. The number of piperidine rings is 2. The number of nitrogens with zero attached hydrogens (tertiary/aromatic N) is 3. The van der Waals surface area contributed by atoms with Gasteiger partial charge in [-0.25, -0.2) is 0 Å². The van der Waals surface area contributed by atoms with Gasteiger partial charge in [0.2, 0.25) is 11.8 Å². The molecule has 1 aromatic heterocycles. The Labute approximate surface area is 148 Å². The molecule has 3 heterocycles. The number of rotatable bonds is 5. The highest BCUT2D eigenvalue weighted by atomic mass is 16.2. The summed E-state index contributed by atoms with van der Waals surface area (Å²) in [6.07, 6.45) is 6.06. The molecular formula is C19H27N3O3. The minimum Gasteiger partial charge on any atom is -0.341 e. The van der Waals surface area contributed by atoms with E-state index in [9.17, 15) is 14.4 Å². The lowest BCUT2D eigenvalue weighted by molar-refractivity contribution is -0.144. The summed E-state index contributed by atoms with van der Waals surface area (Å²) in [4.78, 5) is 40.6. The second kappa shape index (κ2) is 7.85. The van der Waals surface area contributed by atoms with Crippen molar-refractivity contribution < 1.29 is 9.59 Å². The van der Waals surface area contributed by atoms with Gasteiger partial charge in [-0.1, -0.05) is 19.4 Å². The molecule has 0 radical (unpaired) electrons. The van der Waals surface area contributed by atoms with Gasteiger partial charge < -0.3 is 14.4 Å². The van der Waals surface area contributed by atoms with E-state index in [1.54, 1.807) is 18.3 Å². The predicted molar refractivity (Wildman–Crippen MR) is 95.0 cm³/mol. The Balaban J connectivity index is 1.63. The molecule has 0 bridgehead atoms. The second-order valence-corrected chi connectivity index (χ2v) is 7.10. The van der Waals surface area contributed by atoms with Crippen LogP contribution in [0.5, 0.6) is 0 Å². The molecule has 0 N–H and O–H groups in total. The SMILES string of the molecule is CCCCN1C(=O)CC[C@H]2CN(C(=O)Cn3ccccc3=O)CC[C@H]21. The van der Waals surface area contributed by atoms with Crippen LogP contribution in [0.25, 0.3) is 0 Å². The van der Waals surface area contributed by atoms with Crippen molar-refractivity contribution in [2.45, 2.75) is 51.6 Å². The summed E-state index contributed by atoms with van der Waals surface area (Å²) in [5.74, 6) is 0.619. The molecule has 2 aliphatic heterocycles. The molecular weight excluding hydrogens is 318 g/mol. The highest BCUT2D eigenvalue weighted by Crippen LogP contribution is 2.31. The first-order chi connectivity index (χ1) is 12.1. The molecule has 6 heteroatoms. The van der Waals surface area contributed by atoms with Crippen LogP contribution in [0, 0.1) is 5.92 Å². The molecule has 0 unspecified atom stereocenters. The van der Waals surface area contributed by atoms with E-state index >= 15 is 0 Å². The first-order valence-electron chi connectivity index (χ1n) is 9.33. The first-order valence-corrected chi connectivity index (χ1v) is 9.33. The van der Waals surface area contributed by atoms with Crippen LogP contribution in [0.2, 0.25) is 0 Å². The van der Waals surface area contributed by atoms with Crippen LogP contribution >= 0.6 is 0 Å². The van der Waals surface area contributed by atoms with Crippen LogP contribution < -0.4 is 5.56 Å². The van der Waals surface area contributed by atoms with Crippen molar-refractivity contribution in [3.8, 4) is 0 Å². The number of fused-ring (bicyclic) bond motifs is 1. The number of pyridine rings is 1. The van der Waals surface area contributed by atoms with Gasteiger partial charge in [-0.05, 0) is 31.2 Å². The third-order valence-electron chi connectivity index (χ3n) is 5.45. The van der Waals surface area contributed by atoms with Gasteiger partial charge in [-0.3, -0.25) is 14.4 Å². The molecule has 3 rings (SSSR count). The van der Waals surface area contributed by atoms with E-state index < -0.39 is 0 Å². The monoisotopic (exact) mass is 345 g/mol. The molecule has 25 heavy (non-hydrogen) atoms. The van der Waals surface area contributed by atoms with Gasteiger partial charge in [0, 0.05) is 44.4 Å². The Bertz CT molecular complexity index is 684. The molecule has 0 spiro atoms. The number of amides is 2. The van der Waals surface area contributed by atoms with Gasteiger partial charge in [-0.15, -0.1) is 0 Å². The van der Waals surface area contributed by atoms with Crippen molar-refractivity contribution in [3.05, 3.63) is 34.7 Å². The van der Waals surface area contributed by atoms with Crippen LogP contribution in [0.3, 0.4) is 0 Å². The van der Waals surface area contributed by atoms with E-state index in [0.717, 1.165) is 32.2 Å². The average Bonchev–Trinajstić information content (AvgIpc) is 2.62. The predicted octanol–water partition coefficient (Wildman–Crippen LogP) is 1.49. The van der Waals surface area contributed by atoms with Crippen LogP contribution in [-0.2, 0) is 16.1 Å². The maximum atomic E-state index is 12.6. The molecule has 2 saturated heterocycles. The van der Waals surface area contributed by atoms with E-state index in [1.807, 2.05) is 4.90 Å². The van der Waals surface area contributed by atoms with Crippen molar-refractivity contribution >= 4 is 11.8 Å². The minimum atomic E-state index is -0.153. The zero-order chi connectivity index (χ0) is 17.8. The standard InChI is InChI=1S/C19H27N3O3/c1-2-3-11-22-16-9-12-21(13-15(16)7-8-18(22)24)19(25)14-20-10-5-4-6-17(20)23/h4-6,10,15-16H,2-3,7-9,11-14H2,1H3/t15-,16+/m0/s1. The fraction of sp³-hybridized carbons (Fsp3) is 0.632. The zero-order valence-corrected chi connectivity index (χ0v) is 14.9. The zero-order valence-electron chi connectivity index (χ0n) is 14.9. The number of hydrogen-bond donors (Lipinski definition) is 0. The first kappa shape index (κ1) is 17.7. The van der Waals surface area contributed by atoms with E-state index in [1.165, 1.54) is 10.6 Å². The van der Waals surface area contributed by atoms with Gasteiger partial charge >= 0.3 is 0 Å². The van der Waals surface area contributed by atoms with E-state index in [2.05, 4.69) is 11.8 Å². The Morgan fingerprint density at radius 3 is 2.84 bits per heavy atom. The maximum absolute atomic E-state index is 12.6. The van der Waals surface area contributed by atoms with Crippen molar-refractivity contribution in [1.82, 2.24) is 14.4 Å². The van der Waals surface area contributed by atoms with Crippen LogP contribution in [0.1, 0.15) is 39.0 Å². The van der Waals surface area contributed by atoms with Crippen molar-refractivity contribution in [1.29, 1.82) is 0 Å². The van der Waals surface area contributed by atoms with Gasteiger partial charge in [0.25, 0.3) is 5.56 Å². The molecule has 2 fully saturated rings. The van der Waals surface area contributed by atoms with Crippen LogP contribution in [0.4, 0.5) is 0 Å². The lowest BCUT2D eigenvalue weighted by Crippen LogP contribution is -2.57. The van der Waals surface area contributed by atoms with Gasteiger partial charge in [0.05, 0.1) is 0 Å². The van der Waals surface area contributed by atoms with Crippen molar-refractivity contribution in [3.63, 3.8) is 0 Å². The molecule has 2 amide bonds. The number of likely N-dealkylation sites (tertiary alicyclic amines) is 2. The number of hydrogen-bond acceptors (Lipinski definition) is 3. The molecule has 2 aliphatic rings. The highest BCUT2D eigenvalue weighted by Gasteiger charge is 2.39. The fourth-order valence-corrected chi connectivity index (χ4v) is 4.03. The number of unbranched alkanes of at least 4 members (excludes halogenated alkanes) is 1. The molecule has 6 nitrogen and oxygen atoms in total. The number of carbonyl (C=O) groups is 2. The van der Waals surface area contributed by atoms with Gasteiger partial charge in [-0.2, -0.15) is 0 Å². The Hall–Kier alpha value is -2.11. The van der Waals surface area contributed by atoms with Crippen molar-refractivity contribution in [2.75, 3.05) is 19.6 Å².